The van der Waals surface area contributed by atoms with Crippen LogP contribution in [0.3, 0.4) is 0 Å². The fraction of sp³-hybridized carbons (Fsp3) is 0.700. The Bertz CT molecular complexity index is 407. The van der Waals surface area contributed by atoms with Crippen molar-refractivity contribution in [3.63, 3.8) is 0 Å². The Labute approximate surface area is 91.3 Å². The van der Waals surface area contributed by atoms with E-state index in [1.165, 1.54) is 30.6 Å². The Hall–Kier alpha value is -0.970. The summed E-state index contributed by atoms with van der Waals surface area (Å²) in [5, 5.41) is 19.1. The third-order valence-electron chi connectivity index (χ3n) is 3.46. The summed E-state index contributed by atoms with van der Waals surface area (Å²) >= 11 is 1.51. The van der Waals surface area contributed by atoms with Crippen LogP contribution in [0.15, 0.2) is 0 Å². The van der Waals surface area contributed by atoms with Crippen LogP contribution in [0, 0.1) is 0 Å². The number of rotatable bonds is 3. The Balaban J connectivity index is 1.87. The molecular weight excluding hydrogens is 212 g/mol. The zero-order valence-corrected chi connectivity index (χ0v) is 9.09. The molecule has 2 aliphatic carbocycles. The van der Waals surface area contributed by atoms with Gasteiger partial charge in [-0.1, -0.05) is 6.42 Å². The summed E-state index contributed by atoms with van der Waals surface area (Å²) in [5.41, 5.74) is -0.667. The van der Waals surface area contributed by atoms with Gasteiger partial charge in [-0.2, -0.15) is 0 Å². The van der Waals surface area contributed by atoms with E-state index in [1.54, 1.807) is 0 Å². The second-order valence-electron chi connectivity index (χ2n) is 4.46. The maximum Gasteiger partial charge on any atom is 0.316 e. The number of carboxylic acid groups (broad SMARTS) is 1. The molecule has 1 aromatic rings. The lowest BCUT2D eigenvalue weighted by Gasteiger charge is -2.21. The molecule has 0 unspecified atom stereocenters. The Morgan fingerprint density at radius 2 is 2.13 bits per heavy atom. The normalized spacial score (nSPS) is 23.5. The van der Waals surface area contributed by atoms with E-state index >= 15 is 0 Å². The fourth-order valence-corrected chi connectivity index (χ4v) is 3.14. The van der Waals surface area contributed by atoms with E-state index in [1.807, 2.05) is 0 Å². The van der Waals surface area contributed by atoms with Crippen molar-refractivity contribution in [1.29, 1.82) is 0 Å². The van der Waals surface area contributed by atoms with Gasteiger partial charge in [0.25, 0.3) is 0 Å². The summed E-state index contributed by atoms with van der Waals surface area (Å²) in [4.78, 5) is 11.1. The van der Waals surface area contributed by atoms with E-state index in [2.05, 4.69) is 10.2 Å². The lowest BCUT2D eigenvalue weighted by molar-refractivity contribution is -0.140. The van der Waals surface area contributed by atoms with Crippen molar-refractivity contribution in [2.75, 3.05) is 0 Å². The molecule has 0 aliphatic heterocycles. The molecule has 1 aromatic heterocycles. The molecule has 1 N–H and O–H groups in total. The number of hydrogen-bond acceptors (Lipinski definition) is 4. The van der Waals surface area contributed by atoms with Crippen molar-refractivity contribution in [1.82, 2.24) is 10.2 Å². The van der Waals surface area contributed by atoms with Crippen LogP contribution in [0.2, 0.25) is 0 Å². The monoisotopic (exact) mass is 224 g/mol. The second-order valence-corrected chi connectivity index (χ2v) is 5.47. The second kappa shape index (κ2) is 3.01. The number of hydrogen-bond donors (Lipinski definition) is 1. The lowest BCUT2D eigenvalue weighted by Crippen LogP contribution is -2.19. The first-order valence-electron chi connectivity index (χ1n) is 5.30. The minimum Gasteiger partial charge on any atom is -0.481 e. The molecule has 0 saturated heterocycles. The number of aliphatic carboxylic acids is 1. The van der Waals surface area contributed by atoms with Crippen LogP contribution in [0.1, 0.15) is 48.0 Å². The minimum atomic E-state index is -0.737. The molecule has 2 saturated carbocycles. The maximum atomic E-state index is 11.1. The van der Waals surface area contributed by atoms with Gasteiger partial charge in [-0.3, -0.25) is 4.79 Å². The van der Waals surface area contributed by atoms with E-state index in [9.17, 15) is 4.79 Å². The van der Waals surface area contributed by atoms with Gasteiger partial charge >= 0.3 is 5.97 Å². The van der Waals surface area contributed by atoms with Gasteiger partial charge in [-0.15, -0.1) is 21.5 Å². The summed E-state index contributed by atoms with van der Waals surface area (Å²) in [5.74, 6) is -0.181. The third-order valence-corrected chi connectivity index (χ3v) is 4.75. The van der Waals surface area contributed by atoms with Crippen LogP contribution in [0.4, 0.5) is 0 Å². The quantitative estimate of drug-likeness (QED) is 0.852. The highest BCUT2D eigenvalue weighted by Gasteiger charge is 2.54. The van der Waals surface area contributed by atoms with E-state index in [-0.39, 0.29) is 0 Å². The van der Waals surface area contributed by atoms with E-state index < -0.39 is 11.4 Å². The molecule has 4 nitrogen and oxygen atoms in total. The van der Waals surface area contributed by atoms with Gasteiger partial charge in [0.2, 0.25) is 0 Å². The molecule has 0 radical (unpaired) electrons. The standard InChI is InChI=1S/C10H12N2O2S/c13-9(14)10(4-5-10)8-12-11-7(15-8)6-2-1-3-6/h6H,1-5H2,(H,13,14). The highest BCUT2D eigenvalue weighted by Crippen LogP contribution is 2.50. The zero-order chi connectivity index (χ0) is 10.5. The highest BCUT2D eigenvalue weighted by molar-refractivity contribution is 7.11. The number of carbonyl (C=O) groups is 1. The SMILES string of the molecule is O=C(O)C1(c2nnc(C3CCC3)s2)CC1. The molecule has 0 amide bonds. The highest BCUT2D eigenvalue weighted by atomic mass is 32.1. The first-order valence-corrected chi connectivity index (χ1v) is 6.11. The van der Waals surface area contributed by atoms with Crippen LogP contribution in [-0.4, -0.2) is 21.3 Å². The summed E-state index contributed by atoms with van der Waals surface area (Å²) in [6, 6.07) is 0. The summed E-state index contributed by atoms with van der Waals surface area (Å²) in [6.07, 6.45) is 5.09. The van der Waals surface area contributed by atoms with Crippen LogP contribution >= 0.6 is 11.3 Å². The van der Waals surface area contributed by atoms with Gasteiger partial charge in [-0.25, -0.2) is 0 Å². The molecule has 0 spiro atoms. The van der Waals surface area contributed by atoms with Crippen LogP contribution in [0.25, 0.3) is 0 Å². The summed E-state index contributed by atoms with van der Waals surface area (Å²) in [6.45, 7) is 0. The molecule has 80 valence electrons. The van der Waals surface area contributed by atoms with Crippen molar-refractivity contribution in [3.05, 3.63) is 10.0 Å². The fourth-order valence-electron chi connectivity index (χ4n) is 1.89. The Kier molecular flexibility index (Phi) is 1.86. The van der Waals surface area contributed by atoms with Gasteiger partial charge in [-0.05, 0) is 25.7 Å². The number of aromatic nitrogens is 2. The van der Waals surface area contributed by atoms with E-state index in [0.717, 1.165) is 22.9 Å². The Morgan fingerprint density at radius 3 is 2.60 bits per heavy atom. The zero-order valence-electron chi connectivity index (χ0n) is 8.27. The van der Waals surface area contributed by atoms with Gasteiger partial charge in [0.1, 0.15) is 15.4 Å². The van der Waals surface area contributed by atoms with Crippen molar-refractivity contribution >= 4 is 17.3 Å². The maximum absolute atomic E-state index is 11.1. The van der Waals surface area contributed by atoms with Crippen LogP contribution < -0.4 is 0 Å². The molecule has 5 heteroatoms. The van der Waals surface area contributed by atoms with Crippen molar-refractivity contribution in [2.45, 2.75) is 43.4 Å². The van der Waals surface area contributed by atoms with Gasteiger partial charge in [0, 0.05) is 5.92 Å². The lowest BCUT2D eigenvalue weighted by atomic mass is 9.86. The average molecular weight is 224 g/mol. The molecule has 0 aromatic carbocycles. The van der Waals surface area contributed by atoms with E-state index in [4.69, 9.17) is 5.11 Å². The first-order chi connectivity index (χ1) is 7.22. The van der Waals surface area contributed by atoms with Crippen molar-refractivity contribution < 1.29 is 9.90 Å². The van der Waals surface area contributed by atoms with Gasteiger partial charge in [0.05, 0.1) is 0 Å². The molecule has 0 bridgehead atoms. The molecule has 0 atom stereocenters. The largest absolute Gasteiger partial charge is 0.481 e. The molecule has 15 heavy (non-hydrogen) atoms. The minimum absolute atomic E-state index is 0.556. The van der Waals surface area contributed by atoms with Crippen molar-refractivity contribution in [3.8, 4) is 0 Å². The summed E-state index contributed by atoms with van der Waals surface area (Å²) in [7, 11) is 0. The molecule has 3 rings (SSSR count). The first kappa shape index (κ1) is 9.27. The number of carboxylic acids is 1. The molecular formula is C10H12N2O2S. The van der Waals surface area contributed by atoms with Gasteiger partial charge < -0.3 is 5.11 Å². The predicted octanol–water partition coefficient (Wildman–Crippen LogP) is 1.92. The van der Waals surface area contributed by atoms with Crippen LogP contribution in [0.5, 0.6) is 0 Å². The van der Waals surface area contributed by atoms with Crippen molar-refractivity contribution in [2.24, 2.45) is 0 Å². The molecule has 1 heterocycles. The third kappa shape index (κ3) is 1.29. The van der Waals surface area contributed by atoms with E-state index in [0.29, 0.717) is 5.92 Å². The topological polar surface area (TPSA) is 63.1 Å². The van der Waals surface area contributed by atoms with Gasteiger partial charge in [0.15, 0.2) is 0 Å². The average Bonchev–Trinajstić information content (AvgIpc) is 2.80. The molecule has 2 aliphatic rings. The predicted molar refractivity (Wildman–Crippen MR) is 55.0 cm³/mol. The Morgan fingerprint density at radius 1 is 1.40 bits per heavy atom. The summed E-state index contributed by atoms with van der Waals surface area (Å²) < 4.78 is 0. The number of nitrogens with zero attached hydrogens (tertiary/aromatic N) is 2. The smallest absolute Gasteiger partial charge is 0.316 e. The van der Waals surface area contributed by atoms with Crippen LogP contribution in [-0.2, 0) is 10.2 Å². The molecule has 2 fully saturated rings.